The zero-order valence-electron chi connectivity index (χ0n) is 21.7. The molecule has 1 saturated heterocycles. The molecule has 0 saturated carbocycles. The van der Waals surface area contributed by atoms with Crippen LogP contribution in [0.1, 0.15) is 12.5 Å². The van der Waals surface area contributed by atoms with Gasteiger partial charge in [-0.05, 0) is 49.9 Å². The quantitative estimate of drug-likeness (QED) is 0.316. The molecule has 2 aromatic carbocycles. The fraction of sp³-hybridized carbons (Fsp3) is 0.286. The average Bonchev–Trinajstić information content (AvgIpc) is 3.53. The van der Waals surface area contributed by atoms with Crippen molar-refractivity contribution >= 4 is 22.9 Å². The Bertz CT molecular complexity index is 1530. The van der Waals surface area contributed by atoms with Crippen molar-refractivity contribution < 1.29 is 14.6 Å². The number of nitrogens with two attached hydrogens (primary N) is 1. The van der Waals surface area contributed by atoms with E-state index in [-0.39, 0.29) is 30.1 Å². The molecule has 3 heterocycles. The first kappa shape index (κ1) is 26.1. The summed E-state index contributed by atoms with van der Waals surface area (Å²) < 4.78 is 9.02. The maximum absolute atomic E-state index is 13.8. The van der Waals surface area contributed by atoms with Gasteiger partial charge in [-0.1, -0.05) is 24.3 Å². The topological polar surface area (TPSA) is 132 Å². The molecule has 11 heteroatoms. The third-order valence-corrected chi connectivity index (χ3v) is 6.75. The number of carbonyl (C=O) groups is 1. The van der Waals surface area contributed by atoms with Crippen LogP contribution in [0.15, 0.2) is 77.9 Å². The Morgan fingerprint density at radius 2 is 1.90 bits per heavy atom. The number of likely N-dealkylation sites (tertiary alicyclic amines) is 1. The SMILES string of the molecule is CN(C/C=C/C(=O)N1CCC(n2c(=O)n(-c3ccc(Oc4ccccc4)cc3)c3c(N)ncnc32)C1)CCO. The predicted molar refractivity (Wildman–Crippen MR) is 148 cm³/mol. The number of hydrogen-bond acceptors (Lipinski definition) is 8. The Kier molecular flexibility index (Phi) is 7.71. The second kappa shape index (κ2) is 11.5. The van der Waals surface area contributed by atoms with Gasteiger partial charge < -0.3 is 25.4 Å². The zero-order chi connectivity index (χ0) is 27.4. The summed E-state index contributed by atoms with van der Waals surface area (Å²) in [5.41, 5.74) is 7.40. The summed E-state index contributed by atoms with van der Waals surface area (Å²) in [7, 11) is 1.87. The number of ether oxygens (including phenoxy) is 1. The number of rotatable bonds is 9. The first-order valence-electron chi connectivity index (χ1n) is 12.8. The minimum absolute atomic E-state index is 0.0636. The van der Waals surface area contributed by atoms with E-state index in [2.05, 4.69) is 9.97 Å². The van der Waals surface area contributed by atoms with Gasteiger partial charge in [-0.2, -0.15) is 0 Å². The molecule has 0 aliphatic carbocycles. The highest BCUT2D eigenvalue weighted by molar-refractivity contribution is 5.88. The van der Waals surface area contributed by atoms with E-state index in [0.29, 0.717) is 61.0 Å². The van der Waals surface area contributed by atoms with E-state index in [1.807, 2.05) is 42.3 Å². The Morgan fingerprint density at radius 3 is 2.64 bits per heavy atom. The highest BCUT2D eigenvalue weighted by Gasteiger charge is 2.31. The lowest BCUT2D eigenvalue weighted by Gasteiger charge is -2.16. The minimum atomic E-state index is -0.297. The fourth-order valence-electron chi connectivity index (χ4n) is 4.78. The summed E-state index contributed by atoms with van der Waals surface area (Å²) in [4.78, 5) is 38.8. The number of nitrogens with zero attached hydrogens (tertiary/aromatic N) is 6. The number of aromatic nitrogens is 4. The summed E-state index contributed by atoms with van der Waals surface area (Å²) in [6, 6.07) is 16.3. The molecule has 11 nitrogen and oxygen atoms in total. The standard InChI is InChI=1S/C28H31N7O4/c1-32(16-17-36)14-5-8-24(37)33-15-13-21(18-33)35-27-25(26(29)30-19-31-27)34(28(35)38)20-9-11-23(12-10-20)39-22-6-3-2-4-7-22/h2-12,19,21,36H,13-18H2,1H3,(H2,29,30,31)/b8-5+. The lowest BCUT2D eigenvalue weighted by molar-refractivity contribution is -0.125. The number of imidazole rings is 1. The molecule has 202 valence electrons. The van der Waals surface area contributed by atoms with Crippen LogP contribution in [0.25, 0.3) is 16.9 Å². The molecule has 4 aromatic rings. The van der Waals surface area contributed by atoms with Gasteiger partial charge in [0, 0.05) is 32.3 Å². The summed E-state index contributed by atoms with van der Waals surface area (Å²) in [5, 5.41) is 9.02. The van der Waals surface area contributed by atoms with Gasteiger partial charge in [-0.25, -0.2) is 14.8 Å². The third-order valence-electron chi connectivity index (χ3n) is 6.75. The molecule has 1 amide bonds. The van der Waals surface area contributed by atoms with Crippen LogP contribution in [0, 0.1) is 0 Å². The number of aliphatic hydroxyl groups is 1. The van der Waals surface area contributed by atoms with Crippen molar-refractivity contribution in [2.24, 2.45) is 0 Å². The molecule has 5 rings (SSSR count). The van der Waals surface area contributed by atoms with Crippen LogP contribution in [-0.2, 0) is 4.79 Å². The molecule has 0 radical (unpaired) electrons. The van der Waals surface area contributed by atoms with Crippen LogP contribution in [0.3, 0.4) is 0 Å². The maximum atomic E-state index is 13.8. The number of likely N-dealkylation sites (N-methyl/N-ethyl adjacent to an activating group) is 1. The first-order chi connectivity index (χ1) is 19.0. The molecule has 1 fully saturated rings. The number of carbonyl (C=O) groups excluding carboxylic acids is 1. The van der Waals surface area contributed by atoms with Gasteiger partial charge in [0.25, 0.3) is 0 Å². The van der Waals surface area contributed by atoms with E-state index >= 15 is 0 Å². The number of hydrogen-bond donors (Lipinski definition) is 2. The lowest BCUT2D eigenvalue weighted by Crippen LogP contribution is -2.31. The van der Waals surface area contributed by atoms with Gasteiger partial charge in [-0.15, -0.1) is 0 Å². The van der Waals surface area contributed by atoms with Crippen molar-refractivity contribution in [2.75, 3.05) is 45.6 Å². The number of benzene rings is 2. The first-order valence-corrected chi connectivity index (χ1v) is 12.8. The lowest BCUT2D eigenvalue weighted by atomic mass is 10.2. The number of anilines is 1. The summed E-state index contributed by atoms with van der Waals surface area (Å²) >= 11 is 0. The molecule has 1 unspecified atom stereocenters. The van der Waals surface area contributed by atoms with E-state index in [1.54, 1.807) is 45.9 Å². The highest BCUT2D eigenvalue weighted by atomic mass is 16.5. The Hall–Kier alpha value is -4.48. The van der Waals surface area contributed by atoms with Crippen LogP contribution in [0.2, 0.25) is 0 Å². The number of nitrogen functional groups attached to an aromatic ring is 1. The number of fused-ring (bicyclic) bond motifs is 1. The van der Waals surface area contributed by atoms with Gasteiger partial charge in [0.2, 0.25) is 5.91 Å². The number of para-hydroxylation sites is 1. The van der Waals surface area contributed by atoms with Crippen molar-refractivity contribution in [1.29, 1.82) is 0 Å². The Morgan fingerprint density at radius 1 is 1.15 bits per heavy atom. The van der Waals surface area contributed by atoms with E-state index in [4.69, 9.17) is 15.6 Å². The molecule has 0 spiro atoms. The molecule has 3 N–H and O–H groups in total. The minimum Gasteiger partial charge on any atom is -0.457 e. The number of aliphatic hydroxyl groups excluding tert-OH is 1. The largest absolute Gasteiger partial charge is 0.457 e. The number of amides is 1. The van der Waals surface area contributed by atoms with Crippen molar-refractivity contribution in [3.63, 3.8) is 0 Å². The van der Waals surface area contributed by atoms with Crippen LogP contribution in [-0.4, -0.2) is 79.7 Å². The highest BCUT2D eigenvalue weighted by Crippen LogP contribution is 2.28. The van der Waals surface area contributed by atoms with E-state index in [9.17, 15) is 9.59 Å². The third kappa shape index (κ3) is 5.54. The van der Waals surface area contributed by atoms with E-state index in [1.165, 1.54) is 10.9 Å². The van der Waals surface area contributed by atoms with Crippen LogP contribution < -0.4 is 16.2 Å². The van der Waals surface area contributed by atoms with E-state index in [0.717, 1.165) is 0 Å². The van der Waals surface area contributed by atoms with Crippen molar-refractivity contribution in [3.05, 3.63) is 83.6 Å². The Balaban J connectivity index is 1.40. The second-order valence-electron chi connectivity index (χ2n) is 9.44. The normalized spacial score (nSPS) is 15.6. The van der Waals surface area contributed by atoms with Crippen LogP contribution >= 0.6 is 0 Å². The summed E-state index contributed by atoms with van der Waals surface area (Å²) in [6.45, 7) is 2.05. The summed E-state index contributed by atoms with van der Waals surface area (Å²) in [5.74, 6) is 1.42. The molecular formula is C28H31N7O4. The van der Waals surface area contributed by atoms with E-state index < -0.39 is 0 Å². The second-order valence-corrected chi connectivity index (χ2v) is 9.44. The van der Waals surface area contributed by atoms with Gasteiger partial charge in [0.15, 0.2) is 11.5 Å². The molecule has 1 aliphatic rings. The van der Waals surface area contributed by atoms with Crippen LogP contribution in [0.5, 0.6) is 11.5 Å². The molecule has 39 heavy (non-hydrogen) atoms. The van der Waals surface area contributed by atoms with Gasteiger partial charge in [0.05, 0.1) is 18.3 Å². The average molecular weight is 530 g/mol. The van der Waals surface area contributed by atoms with Gasteiger partial charge in [0.1, 0.15) is 23.3 Å². The van der Waals surface area contributed by atoms with Crippen molar-refractivity contribution in [2.45, 2.75) is 12.5 Å². The monoisotopic (exact) mass is 529 g/mol. The molecule has 0 bridgehead atoms. The van der Waals surface area contributed by atoms with Crippen molar-refractivity contribution in [1.82, 2.24) is 28.9 Å². The predicted octanol–water partition coefficient (Wildman–Crippen LogP) is 2.21. The zero-order valence-corrected chi connectivity index (χ0v) is 21.7. The molecule has 1 atom stereocenters. The van der Waals surface area contributed by atoms with Crippen molar-refractivity contribution in [3.8, 4) is 17.2 Å². The molecule has 2 aromatic heterocycles. The fourth-order valence-corrected chi connectivity index (χ4v) is 4.78. The molecule has 1 aliphatic heterocycles. The van der Waals surface area contributed by atoms with Gasteiger partial charge >= 0.3 is 5.69 Å². The van der Waals surface area contributed by atoms with Gasteiger partial charge in [-0.3, -0.25) is 13.9 Å². The summed E-state index contributed by atoms with van der Waals surface area (Å²) in [6.07, 6.45) is 5.28. The Labute approximate surface area is 225 Å². The van der Waals surface area contributed by atoms with Crippen LogP contribution in [0.4, 0.5) is 5.82 Å². The maximum Gasteiger partial charge on any atom is 0.335 e. The molecular weight excluding hydrogens is 498 g/mol. The smallest absolute Gasteiger partial charge is 0.335 e.